The topological polar surface area (TPSA) is 29.9 Å². The first-order valence-corrected chi connectivity index (χ1v) is 5.99. The van der Waals surface area contributed by atoms with Gasteiger partial charge in [0.15, 0.2) is 0 Å². The van der Waals surface area contributed by atoms with Crippen molar-refractivity contribution in [1.29, 1.82) is 0 Å². The summed E-state index contributed by atoms with van der Waals surface area (Å²) in [6.45, 7) is 0.735. The van der Waals surface area contributed by atoms with Gasteiger partial charge in [-0.3, -0.25) is 4.68 Å². The van der Waals surface area contributed by atoms with Gasteiger partial charge in [0.25, 0.3) is 0 Å². The van der Waals surface area contributed by atoms with Crippen molar-refractivity contribution < 1.29 is 0 Å². The van der Waals surface area contributed by atoms with Crippen LogP contribution in [0.5, 0.6) is 0 Å². The van der Waals surface area contributed by atoms with Crippen molar-refractivity contribution in [3.63, 3.8) is 0 Å². The molecule has 0 amide bonds. The number of hydrogen-bond donors (Lipinski definition) is 1. The summed E-state index contributed by atoms with van der Waals surface area (Å²) in [5.74, 6) is 0. The molecule has 3 nitrogen and oxygen atoms in total. The van der Waals surface area contributed by atoms with Gasteiger partial charge in [0.1, 0.15) is 0 Å². The van der Waals surface area contributed by atoms with Crippen molar-refractivity contribution in [3.05, 3.63) is 45.7 Å². The molecule has 0 aliphatic rings. The Kier molecular flexibility index (Phi) is 3.51. The zero-order valence-electron chi connectivity index (χ0n) is 8.74. The zero-order valence-corrected chi connectivity index (χ0v) is 11.1. The van der Waals surface area contributed by atoms with E-state index in [1.165, 1.54) is 0 Å². The predicted octanol–water partition coefficient (Wildman–Crippen LogP) is 3.45. The van der Waals surface area contributed by atoms with Crippen LogP contribution in [0.15, 0.2) is 35.1 Å². The average molecular weight is 301 g/mol. The number of nitrogens with one attached hydrogen (secondary N) is 1. The third-order valence-electron chi connectivity index (χ3n) is 2.19. The Morgan fingerprint density at radius 2 is 2.31 bits per heavy atom. The highest BCUT2D eigenvalue weighted by molar-refractivity contribution is 9.10. The first-order chi connectivity index (χ1) is 7.65. The number of benzene rings is 1. The maximum Gasteiger partial charge on any atom is 0.0729 e. The lowest BCUT2D eigenvalue weighted by Crippen LogP contribution is -1.98. The summed E-state index contributed by atoms with van der Waals surface area (Å²) in [6.07, 6.45) is 3.72. The lowest BCUT2D eigenvalue weighted by Gasteiger charge is -2.04. The van der Waals surface area contributed by atoms with E-state index in [0.29, 0.717) is 0 Å². The Labute approximate surface area is 108 Å². The van der Waals surface area contributed by atoms with Crippen molar-refractivity contribution in [2.45, 2.75) is 6.54 Å². The summed E-state index contributed by atoms with van der Waals surface area (Å²) in [5, 5.41) is 8.08. The van der Waals surface area contributed by atoms with E-state index in [2.05, 4.69) is 26.3 Å². The normalized spacial score (nSPS) is 10.4. The van der Waals surface area contributed by atoms with E-state index >= 15 is 0 Å². The molecular formula is C11H11BrClN3. The molecule has 0 atom stereocenters. The molecule has 0 fully saturated rings. The molecule has 1 aromatic carbocycles. The summed E-state index contributed by atoms with van der Waals surface area (Å²) < 4.78 is 2.68. The van der Waals surface area contributed by atoms with Crippen LogP contribution < -0.4 is 5.32 Å². The summed E-state index contributed by atoms with van der Waals surface area (Å²) >= 11 is 9.37. The van der Waals surface area contributed by atoms with Gasteiger partial charge in [-0.05, 0) is 33.6 Å². The minimum Gasteiger partial charge on any atom is -0.378 e. The van der Waals surface area contributed by atoms with Gasteiger partial charge in [-0.1, -0.05) is 17.7 Å². The maximum absolute atomic E-state index is 6.01. The lowest BCUT2D eigenvalue weighted by molar-refractivity contribution is 0.768. The number of rotatable bonds is 3. The largest absolute Gasteiger partial charge is 0.378 e. The fraction of sp³-hybridized carbons (Fsp3) is 0.182. The van der Waals surface area contributed by atoms with Crippen LogP contribution in [0.25, 0.3) is 0 Å². The highest BCUT2D eigenvalue weighted by atomic mass is 79.9. The molecule has 1 heterocycles. The molecule has 0 aliphatic carbocycles. The summed E-state index contributed by atoms with van der Waals surface area (Å²) in [5.41, 5.74) is 2.14. The summed E-state index contributed by atoms with van der Waals surface area (Å²) in [4.78, 5) is 0. The molecule has 0 bridgehead atoms. The highest BCUT2D eigenvalue weighted by Crippen LogP contribution is 2.23. The summed E-state index contributed by atoms with van der Waals surface area (Å²) in [6, 6.07) is 5.91. The van der Waals surface area contributed by atoms with Gasteiger partial charge < -0.3 is 5.32 Å². The minimum atomic E-state index is 0.727. The number of aromatic nitrogens is 2. The Morgan fingerprint density at radius 1 is 1.50 bits per heavy atom. The van der Waals surface area contributed by atoms with E-state index in [1.54, 1.807) is 10.9 Å². The highest BCUT2D eigenvalue weighted by Gasteiger charge is 2.00. The first-order valence-electron chi connectivity index (χ1n) is 4.81. The molecule has 84 valence electrons. The van der Waals surface area contributed by atoms with E-state index < -0.39 is 0 Å². The van der Waals surface area contributed by atoms with Crippen LogP contribution in [-0.4, -0.2) is 9.78 Å². The molecule has 0 saturated carbocycles. The van der Waals surface area contributed by atoms with Crippen molar-refractivity contribution >= 4 is 33.2 Å². The van der Waals surface area contributed by atoms with Crippen LogP contribution in [0.4, 0.5) is 5.69 Å². The smallest absolute Gasteiger partial charge is 0.0729 e. The van der Waals surface area contributed by atoms with E-state index in [9.17, 15) is 0 Å². The van der Waals surface area contributed by atoms with Gasteiger partial charge in [0, 0.05) is 24.3 Å². The fourth-order valence-electron chi connectivity index (χ4n) is 1.37. The second-order valence-corrected chi connectivity index (χ2v) is 4.77. The number of nitrogens with zero attached hydrogens (tertiary/aromatic N) is 2. The van der Waals surface area contributed by atoms with Gasteiger partial charge >= 0.3 is 0 Å². The predicted molar refractivity (Wildman–Crippen MR) is 69.7 cm³/mol. The quantitative estimate of drug-likeness (QED) is 0.941. The van der Waals surface area contributed by atoms with Gasteiger partial charge in [0.05, 0.1) is 16.9 Å². The fourth-order valence-corrected chi connectivity index (χ4v) is 1.82. The molecular weight excluding hydrogens is 289 g/mol. The first kappa shape index (κ1) is 11.5. The van der Waals surface area contributed by atoms with Crippen molar-refractivity contribution in [3.8, 4) is 0 Å². The maximum atomic E-state index is 6.01. The van der Waals surface area contributed by atoms with Crippen LogP contribution in [0.1, 0.15) is 5.56 Å². The monoisotopic (exact) mass is 299 g/mol. The Bertz CT molecular complexity index is 496. The number of aryl methyl sites for hydroxylation is 1. The molecule has 0 unspecified atom stereocenters. The number of halogens is 2. The Hall–Kier alpha value is -1.00. The molecule has 1 N–H and O–H groups in total. The molecule has 0 aliphatic heterocycles. The Balaban J connectivity index is 2.02. The second-order valence-electron chi connectivity index (χ2n) is 3.50. The molecule has 0 radical (unpaired) electrons. The lowest BCUT2D eigenvalue weighted by atomic mass is 10.2. The van der Waals surface area contributed by atoms with Crippen molar-refractivity contribution in [1.82, 2.24) is 9.78 Å². The molecule has 1 aromatic heterocycles. The number of hydrogen-bond acceptors (Lipinski definition) is 2. The number of anilines is 1. The third-order valence-corrected chi connectivity index (χ3v) is 3.42. The van der Waals surface area contributed by atoms with E-state index in [0.717, 1.165) is 27.3 Å². The third kappa shape index (κ3) is 2.77. The van der Waals surface area contributed by atoms with E-state index in [1.807, 2.05) is 31.4 Å². The zero-order chi connectivity index (χ0) is 11.5. The molecule has 2 aromatic rings. The van der Waals surface area contributed by atoms with Crippen LogP contribution >= 0.6 is 27.5 Å². The van der Waals surface area contributed by atoms with Crippen LogP contribution in [-0.2, 0) is 13.6 Å². The van der Waals surface area contributed by atoms with Gasteiger partial charge in [-0.2, -0.15) is 5.10 Å². The standard InChI is InChI=1S/C11H11BrClN3/c1-16-7-9(6-15-16)14-5-8-2-3-10(12)11(13)4-8/h2-4,6-7,14H,5H2,1H3. The molecule has 5 heteroatoms. The molecule has 2 rings (SSSR count). The molecule has 16 heavy (non-hydrogen) atoms. The Morgan fingerprint density at radius 3 is 2.94 bits per heavy atom. The van der Waals surface area contributed by atoms with Crippen LogP contribution in [0.2, 0.25) is 5.02 Å². The minimum absolute atomic E-state index is 0.727. The van der Waals surface area contributed by atoms with Crippen molar-refractivity contribution in [2.75, 3.05) is 5.32 Å². The SMILES string of the molecule is Cn1cc(NCc2ccc(Br)c(Cl)c2)cn1. The van der Waals surface area contributed by atoms with Gasteiger partial charge in [-0.25, -0.2) is 0 Å². The van der Waals surface area contributed by atoms with Gasteiger partial charge in [0.2, 0.25) is 0 Å². The van der Waals surface area contributed by atoms with Crippen LogP contribution in [0.3, 0.4) is 0 Å². The average Bonchev–Trinajstić information content (AvgIpc) is 2.66. The summed E-state index contributed by atoms with van der Waals surface area (Å²) in [7, 11) is 1.89. The molecule has 0 saturated heterocycles. The van der Waals surface area contributed by atoms with E-state index in [-0.39, 0.29) is 0 Å². The second kappa shape index (κ2) is 4.89. The molecule has 0 spiro atoms. The van der Waals surface area contributed by atoms with Crippen molar-refractivity contribution in [2.24, 2.45) is 7.05 Å². The van der Waals surface area contributed by atoms with E-state index in [4.69, 9.17) is 11.6 Å². The van der Waals surface area contributed by atoms with Gasteiger partial charge in [-0.15, -0.1) is 0 Å². The van der Waals surface area contributed by atoms with Crippen LogP contribution in [0, 0.1) is 0 Å².